The molecular weight excluding hydrogens is 333 g/mol. The fourth-order valence-corrected chi connectivity index (χ4v) is 2.61. The maximum absolute atomic E-state index is 11.8. The minimum atomic E-state index is -0.310. The molecule has 1 heterocycles. The van der Waals surface area contributed by atoms with Crippen LogP contribution in [0.3, 0.4) is 0 Å². The third-order valence-electron chi connectivity index (χ3n) is 2.43. The van der Waals surface area contributed by atoms with Crippen LogP contribution < -0.4 is 10.1 Å². The minimum Gasteiger partial charge on any atom is -0.482 e. The second-order valence-corrected chi connectivity index (χ2v) is 5.91. The molecular formula is C13H13Cl2N3O2S. The number of carbonyl (C=O) groups excluding carboxylic acids is 1. The fraction of sp³-hybridized carbons (Fsp3) is 0.308. The van der Waals surface area contributed by atoms with E-state index >= 15 is 0 Å². The van der Waals surface area contributed by atoms with Gasteiger partial charge in [0, 0.05) is 12.3 Å². The van der Waals surface area contributed by atoms with Crippen molar-refractivity contribution in [3.05, 3.63) is 34.3 Å². The van der Waals surface area contributed by atoms with Crippen molar-refractivity contribution < 1.29 is 9.53 Å². The molecule has 1 aromatic carbocycles. The predicted molar refractivity (Wildman–Crippen MR) is 84.5 cm³/mol. The van der Waals surface area contributed by atoms with E-state index < -0.39 is 0 Å². The monoisotopic (exact) mass is 345 g/mol. The van der Waals surface area contributed by atoms with Crippen molar-refractivity contribution >= 4 is 45.6 Å². The average molecular weight is 346 g/mol. The molecule has 0 aliphatic carbocycles. The Kier molecular flexibility index (Phi) is 6.22. The Balaban J connectivity index is 1.82. The standard InChI is InChI=1S/C13H13Cl2N3O2S/c14-7-3-6-12-17-18-13(21-12)16-11(19)8-20-10-5-2-1-4-9(10)15/h1-2,4-5H,3,6-8H2,(H,16,18,19). The van der Waals surface area contributed by atoms with Crippen molar-refractivity contribution in [2.24, 2.45) is 0 Å². The molecule has 5 nitrogen and oxygen atoms in total. The van der Waals surface area contributed by atoms with Gasteiger partial charge in [0.2, 0.25) is 5.13 Å². The van der Waals surface area contributed by atoms with Crippen LogP contribution in [0.25, 0.3) is 0 Å². The topological polar surface area (TPSA) is 64.1 Å². The number of rotatable bonds is 7. The zero-order valence-corrected chi connectivity index (χ0v) is 13.3. The zero-order valence-electron chi connectivity index (χ0n) is 11.0. The highest BCUT2D eigenvalue weighted by atomic mass is 35.5. The number of hydrogen-bond donors (Lipinski definition) is 1. The molecule has 0 bridgehead atoms. The molecule has 0 atom stereocenters. The first-order valence-electron chi connectivity index (χ1n) is 6.24. The molecule has 1 aromatic heterocycles. The van der Waals surface area contributed by atoms with Gasteiger partial charge in [-0.15, -0.1) is 21.8 Å². The summed E-state index contributed by atoms with van der Waals surface area (Å²) < 4.78 is 5.34. The van der Waals surface area contributed by atoms with Crippen molar-refractivity contribution in [2.75, 3.05) is 17.8 Å². The normalized spacial score (nSPS) is 10.4. The van der Waals surface area contributed by atoms with E-state index in [0.29, 0.717) is 21.8 Å². The first kappa shape index (κ1) is 16.0. The summed E-state index contributed by atoms with van der Waals surface area (Å²) in [5.41, 5.74) is 0. The zero-order chi connectivity index (χ0) is 15.1. The van der Waals surface area contributed by atoms with Gasteiger partial charge in [-0.05, 0) is 18.6 Å². The van der Waals surface area contributed by atoms with E-state index in [1.54, 1.807) is 24.3 Å². The van der Waals surface area contributed by atoms with Crippen LogP contribution in [0.4, 0.5) is 5.13 Å². The molecule has 0 unspecified atom stereocenters. The van der Waals surface area contributed by atoms with Gasteiger partial charge < -0.3 is 4.74 Å². The van der Waals surface area contributed by atoms with Gasteiger partial charge >= 0.3 is 0 Å². The summed E-state index contributed by atoms with van der Waals surface area (Å²) >= 11 is 12.9. The Hall–Kier alpha value is -1.37. The summed E-state index contributed by atoms with van der Waals surface area (Å²) in [6, 6.07) is 6.97. The van der Waals surface area contributed by atoms with Crippen LogP contribution in [0.1, 0.15) is 11.4 Å². The molecule has 8 heteroatoms. The molecule has 2 rings (SSSR count). The third-order valence-corrected chi connectivity index (χ3v) is 3.91. The van der Waals surface area contributed by atoms with E-state index in [4.69, 9.17) is 27.9 Å². The van der Waals surface area contributed by atoms with Crippen LogP contribution in [0.2, 0.25) is 5.02 Å². The molecule has 0 aliphatic rings. The fourth-order valence-electron chi connectivity index (χ4n) is 1.48. The molecule has 0 spiro atoms. The quantitative estimate of drug-likeness (QED) is 0.781. The van der Waals surface area contributed by atoms with Gasteiger partial charge in [-0.25, -0.2) is 0 Å². The van der Waals surface area contributed by atoms with E-state index in [0.717, 1.165) is 17.8 Å². The van der Waals surface area contributed by atoms with Crippen LogP contribution in [-0.2, 0) is 11.2 Å². The lowest BCUT2D eigenvalue weighted by atomic mass is 10.3. The van der Waals surface area contributed by atoms with E-state index in [9.17, 15) is 4.79 Å². The van der Waals surface area contributed by atoms with Gasteiger partial charge in [-0.1, -0.05) is 35.1 Å². The summed E-state index contributed by atoms with van der Waals surface area (Å²) in [6.45, 7) is -0.139. The second kappa shape index (κ2) is 8.17. The van der Waals surface area contributed by atoms with Crippen molar-refractivity contribution in [1.29, 1.82) is 0 Å². The summed E-state index contributed by atoms with van der Waals surface area (Å²) in [5, 5.41) is 12.3. The summed E-state index contributed by atoms with van der Waals surface area (Å²) in [5.74, 6) is 0.733. The molecule has 1 N–H and O–H groups in total. The van der Waals surface area contributed by atoms with Crippen LogP contribution in [0.15, 0.2) is 24.3 Å². The van der Waals surface area contributed by atoms with Crippen molar-refractivity contribution in [3.63, 3.8) is 0 Å². The molecule has 0 saturated heterocycles. The first-order valence-corrected chi connectivity index (χ1v) is 7.97. The lowest BCUT2D eigenvalue weighted by Crippen LogP contribution is -2.20. The Morgan fingerprint density at radius 1 is 1.33 bits per heavy atom. The molecule has 0 radical (unpaired) electrons. The van der Waals surface area contributed by atoms with Gasteiger partial charge in [0.15, 0.2) is 6.61 Å². The summed E-state index contributed by atoms with van der Waals surface area (Å²) in [7, 11) is 0. The summed E-state index contributed by atoms with van der Waals surface area (Å²) in [4.78, 5) is 11.8. The van der Waals surface area contributed by atoms with Crippen molar-refractivity contribution in [3.8, 4) is 5.75 Å². The van der Waals surface area contributed by atoms with Gasteiger partial charge in [0.25, 0.3) is 5.91 Å². The number of carbonyl (C=O) groups is 1. The molecule has 21 heavy (non-hydrogen) atoms. The number of anilines is 1. The molecule has 112 valence electrons. The lowest BCUT2D eigenvalue weighted by Gasteiger charge is -2.06. The van der Waals surface area contributed by atoms with Gasteiger partial charge in [0.05, 0.1) is 5.02 Å². The third kappa shape index (κ3) is 5.15. The predicted octanol–water partition coefficient (Wildman–Crippen LogP) is 3.38. The highest BCUT2D eigenvalue weighted by Gasteiger charge is 2.09. The highest BCUT2D eigenvalue weighted by Crippen LogP contribution is 2.23. The van der Waals surface area contributed by atoms with Crippen LogP contribution in [-0.4, -0.2) is 28.6 Å². The van der Waals surface area contributed by atoms with Crippen molar-refractivity contribution in [2.45, 2.75) is 12.8 Å². The van der Waals surface area contributed by atoms with E-state index in [1.807, 2.05) is 0 Å². The van der Waals surface area contributed by atoms with E-state index in [2.05, 4.69) is 15.5 Å². The highest BCUT2D eigenvalue weighted by molar-refractivity contribution is 7.15. The van der Waals surface area contributed by atoms with Crippen molar-refractivity contribution in [1.82, 2.24) is 10.2 Å². The lowest BCUT2D eigenvalue weighted by molar-refractivity contribution is -0.118. The van der Waals surface area contributed by atoms with Crippen LogP contribution in [0.5, 0.6) is 5.75 Å². The number of aryl methyl sites for hydroxylation is 1. The van der Waals surface area contributed by atoms with Gasteiger partial charge in [-0.2, -0.15) is 0 Å². The number of halogens is 2. The smallest absolute Gasteiger partial charge is 0.264 e. The number of ether oxygens (including phenoxy) is 1. The number of alkyl halides is 1. The molecule has 2 aromatic rings. The van der Waals surface area contributed by atoms with Gasteiger partial charge in [0.1, 0.15) is 10.8 Å². The Labute approximate surface area is 136 Å². The number of amides is 1. The first-order chi connectivity index (χ1) is 10.2. The Morgan fingerprint density at radius 3 is 2.90 bits per heavy atom. The number of hydrogen-bond acceptors (Lipinski definition) is 5. The van der Waals surface area contributed by atoms with Gasteiger partial charge in [-0.3, -0.25) is 10.1 Å². The minimum absolute atomic E-state index is 0.139. The Morgan fingerprint density at radius 2 is 2.14 bits per heavy atom. The molecule has 0 fully saturated rings. The van der Waals surface area contributed by atoms with Crippen LogP contribution >= 0.6 is 34.5 Å². The molecule has 0 saturated carbocycles. The number of para-hydroxylation sites is 1. The number of nitrogens with zero attached hydrogens (tertiary/aromatic N) is 2. The number of nitrogens with one attached hydrogen (secondary N) is 1. The van der Waals surface area contributed by atoms with Crippen LogP contribution in [0, 0.1) is 0 Å². The number of benzene rings is 1. The Bertz CT molecular complexity index is 607. The average Bonchev–Trinajstić information content (AvgIpc) is 2.91. The van der Waals surface area contributed by atoms with E-state index in [-0.39, 0.29) is 12.5 Å². The maximum Gasteiger partial charge on any atom is 0.264 e. The largest absolute Gasteiger partial charge is 0.482 e. The molecule has 1 amide bonds. The maximum atomic E-state index is 11.8. The summed E-state index contributed by atoms with van der Waals surface area (Å²) in [6.07, 6.45) is 1.59. The molecule has 0 aliphatic heterocycles. The SMILES string of the molecule is O=C(COc1ccccc1Cl)Nc1nnc(CCCCl)s1. The number of aromatic nitrogens is 2. The van der Waals surface area contributed by atoms with E-state index in [1.165, 1.54) is 11.3 Å². The second-order valence-electron chi connectivity index (χ2n) is 4.06.